The van der Waals surface area contributed by atoms with Gasteiger partial charge < -0.3 is 19.3 Å². The van der Waals surface area contributed by atoms with Crippen molar-refractivity contribution in [2.45, 2.75) is 19.6 Å². The van der Waals surface area contributed by atoms with Crippen LogP contribution >= 0.6 is 0 Å². The Bertz CT molecular complexity index is 940. The van der Waals surface area contributed by atoms with E-state index in [9.17, 15) is 9.59 Å². The van der Waals surface area contributed by atoms with Crippen LogP contribution in [0.3, 0.4) is 0 Å². The normalized spacial score (nSPS) is 18.5. The molecule has 0 radical (unpaired) electrons. The Hall–Kier alpha value is -3.06. The highest BCUT2D eigenvalue weighted by atomic mass is 16.6. The number of fused-ring (bicyclic) bond motifs is 1. The molecule has 2 aliphatic heterocycles. The van der Waals surface area contributed by atoms with Crippen LogP contribution in [0.1, 0.15) is 11.1 Å². The van der Waals surface area contributed by atoms with Crippen molar-refractivity contribution < 1.29 is 19.1 Å². The third kappa shape index (κ3) is 5.17. The number of carbonyl (C=O) groups is 2. The van der Waals surface area contributed by atoms with Gasteiger partial charge in [-0.15, -0.1) is 0 Å². The highest BCUT2D eigenvalue weighted by molar-refractivity contribution is 5.87. The molecule has 1 saturated heterocycles. The van der Waals surface area contributed by atoms with Gasteiger partial charge in [0.1, 0.15) is 6.61 Å². The molecule has 0 spiro atoms. The molecule has 1 fully saturated rings. The van der Waals surface area contributed by atoms with Crippen molar-refractivity contribution in [3.63, 3.8) is 0 Å². The Balaban J connectivity index is 1.24. The molecule has 0 aliphatic carbocycles. The van der Waals surface area contributed by atoms with Crippen molar-refractivity contribution in [3.05, 3.63) is 59.7 Å². The predicted molar refractivity (Wildman–Crippen MR) is 117 cm³/mol. The summed E-state index contributed by atoms with van der Waals surface area (Å²) < 4.78 is 11.4. The summed E-state index contributed by atoms with van der Waals surface area (Å²) in [6.45, 7) is 6.17. The average molecular weight is 424 g/mol. The number of piperazine rings is 1. The lowest BCUT2D eigenvalue weighted by atomic mass is 10.1. The molecule has 0 unspecified atom stereocenters. The van der Waals surface area contributed by atoms with Crippen LogP contribution in [0, 0.1) is 6.92 Å². The summed E-state index contributed by atoms with van der Waals surface area (Å²) in [6, 6.07) is 15.8. The summed E-state index contributed by atoms with van der Waals surface area (Å²) in [4.78, 5) is 31.1. The monoisotopic (exact) mass is 423 g/mol. The van der Waals surface area contributed by atoms with Crippen LogP contribution < -0.4 is 9.47 Å². The Labute approximate surface area is 183 Å². The van der Waals surface area contributed by atoms with Crippen molar-refractivity contribution in [3.8, 4) is 11.5 Å². The summed E-state index contributed by atoms with van der Waals surface area (Å²) in [5.74, 6) is 0.898. The van der Waals surface area contributed by atoms with E-state index < -0.39 is 6.10 Å². The van der Waals surface area contributed by atoms with Gasteiger partial charge in [0.25, 0.3) is 5.91 Å². The molecule has 164 valence electrons. The highest BCUT2D eigenvalue weighted by Crippen LogP contribution is 2.31. The van der Waals surface area contributed by atoms with Gasteiger partial charge in [0, 0.05) is 39.8 Å². The van der Waals surface area contributed by atoms with E-state index in [0.717, 1.165) is 19.6 Å². The van der Waals surface area contributed by atoms with Crippen LogP contribution in [0.25, 0.3) is 0 Å². The number of rotatable bonds is 5. The SMILES string of the molecule is Cc1cccc(CN2CCN(C(=O)CN(C)C(=O)[C@@H]3COc4ccccc4O3)CC2)c1. The first-order valence-electron chi connectivity index (χ1n) is 10.7. The molecular weight excluding hydrogens is 394 g/mol. The molecule has 7 nitrogen and oxygen atoms in total. The predicted octanol–water partition coefficient (Wildman–Crippen LogP) is 1.94. The third-order valence-corrected chi connectivity index (χ3v) is 5.75. The Morgan fingerprint density at radius 2 is 1.77 bits per heavy atom. The molecule has 0 bridgehead atoms. The third-order valence-electron chi connectivity index (χ3n) is 5.75. The molecule has 0 saturated carbocycles. The molecule has 31 heavy (non-hydrogen) atoms. The van der Waals surface area contributed by atoms with E-state index in [1.807, 2.05) is 23.1 Å². The van der Waals surface area contributed by atoms with Crippen molar-refractivity contribution in [1.29, 1.82) is 0 Å². The lowest BCUT2D eigenvalue weighted by Gasteiger charge is -2.36. The summed E-state index contributed by atoms with van der Waals surface area (Å²) in [7, 11) is 1.64. The number of hydrogen-bond donors (Lipinski definition) is 0. The molecule has 1 atom stereocenters. The fourth-order valence-corrected chi connectivity index (χ4v) is 3.99. The van der Waals surface area contributed by atoms with Gasteiger partial charge in [0.05, 0.1) is 6.54 Å². The van der Waals surface area contributed by atoms with Crippen molar-refractivity contribution in [1.82, 2.24) is 14.7 Å². The maximum absolute atomic E-state index is 12.8. The molecule has 0 aromatic heterocycles. The Kier molecular flexibility index (Phi) is 6.42. The number of amides is 2. The second-order valence-corrected chi connectivity index (χ2v) is 8.20. The number of benzene rings is 2. The number of hydrogen-bond acceptors (Lipinski definition) is 5. The van der Waals surface area contributed by atoms with Gasteiger partial charge in [-0.3, -0.25) is 14.5 Å². The standard InChI is InChI=1S/C24H29N3O4/c1-18-6-5-7-19(14-18)15-26-10-12-27(13-11-26)23(28)16-25(2)24(29)22-17-30-20-8-3-4-9-21(20)31-22/h3-9,14,22H,10-13,15-17H2,1-2H3/t22-/m0/s1. The minimum Gasteiger partial charge on any atom is -0.485 e. The smallest absolute Gasteiger partial charge is 0.267 e. The minimum atomic E-state index is -0.737. The van der Waals surface area contributed by atoms with Crippen LogP contribution in [-0.2, 0) is 16.1 Å². The molecule has 2 aliphatic rings. The largest absolute Gasteiger partial charge is 0.485 e. The number of carbonyl (C=O) groups excluding carboxylic acids is 2. The van der Waals surface area contributed by atoms with E-state index in [0.29, 0.717) is 24.6 Å². The Morgan fingerprint density at radius 3 is 2.52 bits per heavy atom. The quantitative estimate of drug-likeness (QED) is 0.736. The molecule has 4 rings (SSSR count). The Morgan fingerprint density at radius 1 is 1.03 bits per heavy atom. The lowest BCUT2D eigenvalue weighted by Crippen LogP contribution is -2.52. The first-order valence-corrected chi connectivity index (χ1v) is 10.7. The van der Waals surface area contributed by atoms with Gasteiger partial charge >= 0.3 is 0 Å². The summed E-state index contributed by atoms with van der Waals surface area (Å²) in [6.07, 6.45) is -0.737. The number of aryl methyl sites for hydroxylation is 1. The second-order valence-electron chi connectivity index (χ2n) is 8.20. The van der Waals surface area contributed by atoms with E-state index in [1.54, 1.807) is 13.1 Å². The first-order chi connectivity index (χ1) is 15.0. The fraction of sp³-hybridized carbons (Fsp3) is 0.417. The molecule has 2 heterocycles. The zero-order valence-corrected chi connectivity index (χ0v) is 18.1. The van der Waals surface area contributed by atoms with Gasteiger partial charge in [0.15, 0.2) is 11.5 Å². The van der Waals surface area contributed by atoms with E-state index in [1.165, 1.54) is 16.0 Å². The molecule has 2 amide bonds. The van der Waals surface area contributed by atoms with Crippen LogP contribution in [0.2, 0.25) is 0 Å². The van der Waals surface area contributed by atoms with Crippen LogP contribution in [0.4, 0.5) is 0 Å². The number of para-hydroxylation sites is 2. The van der Waals surface area contributed by atoms with Gasteiger partial charge in [-0.1, -0.05) is 42.0 Å². The summed E-state index contributed by atoms with van der Waals surface area (Å²) in [5, 5.41) is 0. The molecule has 2 aromatic carbocycles. The first kappa shape index (κ1) is 21.2. The topological polar surface area (TPSA) is 62.3 Å². The van der Waals surface area contributed by atoms with E-state index in [-0.39, 0.29) is 25.0 Å². The van der Waals surface area contributed by atoms with Gasteiger partial charge in [-0.2, -0.15) is 0 Å². The molecular formula is C24H29N3O4. The minimum absolute atomic E-state index is 0.0387. The maximum atomic E-state index is 12.8. The van der Waals surface area contributed by atoms with E-state index in [4.69, 9.17) is 9.47 Å². The van der Waals surface area contributed by atoms with E-state index >= 15 is 0 Å². The molecule has 0 N–H and O–H groups in total. The maximum Gasteiger partial charge on any atom is 0.267 e. The summed E-state index contributed by atoms with van der Waals surface area (Å²) >= 11 is 0. The van der Waals surface area contributed by atoms with Crippen molar-refractivity contribution in [2.75, 3.05) is 46.4 Å². The molecule has 2 aromatic rings. The number of likely N-dealkylation sites (N-methyl/N-ethyl adjacent to an activating group) is 1. The van der Waals surface area contributed by atoms with Gasteiger partial charge in [-0.25, -0.2) is 0 Å². The second kappa shape index (κ2) is 9.39. The van der Waals surface area contributed by atoms with Crippen LogP contribution in [-0.4, -0.2) is 79.0 Å². The number of nitrogens with zero attached hydrogens (tertiary/aromatic N) is 3. The van der Waals surface area contributed by atoms with E-state index in [2.05, 4.69) is 36.1 Å². The zero-order valence-electron chi connectivity index (χ0n) is 18.1. The van der Waals surface area contributed by atoms with Gasteiger partial charge in [-0.05, 0) is 24.6 Å². The van der Waals surface area contributed by atoms with Crippen LogP contribution in [0.5, 0.6) is 11.5 Å². The van der Waals surface area contributed by atoms with Crippen LogP contribution in [0.15, 0.2) is 48.5 Å². The lowest BCUT2D eigenvalue weighted by molar-refractivity contribution is -0.146. The summed E-state index contributed by atoms with van der Waals surface area (Å²) in [5.41, 5.74) is 2.55. The van der Waals surface area contributed by atoms with Gasteiger partial charge in [0.2, 0.25) is 12.0 Å². The number of ether oxygens (including phenoxy) is 2. The zero-order chi connectivity index (χ0) is 21.8. The average Bonchev–Trinajstić information content (AvgIpc) is 2.78. The molecule has 7 heteroatoms. The van der Waals surface area contributed by atoms with Crippen molar-refractivity contribution >= 4 is 11.8 Å². The highest BCUT2D eigenvalue weighted by Gasteiger charge is 2.31. The van der Waals surface area contributed by atoms with Crippen molar-refractivity contribution in [2.24, 2.45) is 0 Å². The fourth-order valence-electron chi connectivity index (χ4n) is 3.99.